The number of rotatable bonds is 23. The summed E-state index contributed by atoms with van der Waals surface area (Å²) in [6.07, 6.45) is 28.3. The number of carbonyl (C=O) groups is 2. The van der Waals surface area contributed by atoms with Gasteiger partial charge in [-0.25, -0.2) is 0 Å². The number of allylic oxidation sites excluding steroid dienone is 8. The van der Waals surface area contributed by atoms with E-state index in [4.69, 9.17) is 9.47 Å². The van der Waals surface area contributed by atoms with Crippen molar-refractivity contribution >= 4 is 11.9 Å². The quantitative estimate of drug-likeness (QED) is 0.102. The van der Waals surface area contributed by atoms with Gasteiger partial charge in [0.15, 0.2) is 0 Å². The minimum absolute atomic E-state index is 0.0602. The first kappa shape index (κ1) is 33.8. The topological polar surface area (TPSA) is 76.1 Å². The molecule has 0 aromatic rings. The van der Waals surface area contributed by atoms with E-state index in [1.54, 1.807) is 0 Å². The third kappa shape index (κ3) is 24.9. The van der Waals surface area contributed by atoms with Crippen molar-refractivity contribution in [3.63, 3.8) is 0 Å². The van der Waals surface area contributed by atoms with E-state index in [1.165, 1.54) is 25.7 Å². The first-order valence-corrected chi connectivity index (χ1v) is 13.7. The highest BCUT2D eigenvalue weighted by Gasteiger charge is 2.14. The van der Waals surface area contributed by atoms with Crippen LogP contribution in [0.4, 0.5) is 0 Å². The average Bonchev–Trinajstić information content (AvgIpc) is 2.85. The first-order chi connectivity index (χ1) is 17.5. The zero-order valence-corrected chi connectivity index (χ0v) is 23.0. The second kappa shape index (κ2) is 25.9. The second-order valence-corrected chi connectivity index (χ2v) is 9.30. The number of unbranched alkanes of at least 4 members (excludes halogenated alkanes) is 4. The van der Waals surface area contributed by atoms with E-state index in [9.17, 15) is 14.7 Å². The second-order valence-electron chi connectivity index (χ2n) is 9.30. The molecule has 0 aromatic heterocycles. The zero-order valence-electron chi connectivity index (χ0n) is 23.0. The van der Waals surface area contributed by atoms with Gasteiger partial charge in [0, 0.05) is 12.8 Å². The van der Waals surface area contributed by atoms with E-state index < -0.39 is 0 Å². The molecular formula is C30H51NO5. The molecule has 0 fully saturated rings. The summed E-state index contributed by atoms with van der Waals surface area (Å²) in [5, 5.41) is 9.42. The van der Waals surface area contributed by atoms with E-state index in [0.717, 1.165) is 45.1 Å². The fraction of sp³-hybridized carbons (Fsp3) is 0.667. The molecule has 0 bridgehead atoms. The number of ether oxygens (including phenoxy) is 2. The molecule has 0 spiro atoms. The van der Waals surface area contributed by atoms with Gasteiger partial charge >= 0.3 is 11.9 Å². The molecule has 0 saturated carbocycles. The number of hydrogen-bond acceptors (Lipinski definition) is 6. The molecule has 6 nitrogen and oxygen atoms in total. The monoisotopic (exact) mass is 505 g/mol. The number of hydrogen-bond donors (Lipinski definition) is 1. The Bertz CT molecular complexity index is 652. The van der Waals surface area contributed by atoms with Crippen molar-refractivity contribution in [2.75, 3.05) is 40.5 Å². The molecule has 0 aliphatic rings. The Morgan fingerprint density at radius 3 is 1.67 bits per heavy atom. The Balaban J connectivity index is 3.74. The lowest BCUT2D eigenvalue weighted by molar-refractivity contribution is -0.149. The molecule has 0 radical (unpaired) electrons. The number of carbonyl (C=O) groups excluding carboxylic acids is 2. The molecule has 1 unspecified atom stereocenters. The highest BCUT2D eigenvalue weighted by molar-refractivity contribution is 5.69. The van der Waals surface area contributed by atoms with Gasteiger partial charge in [-0.2, -0.15) is 0 Å². The summed E-state index contributed by atoms with van der Waals surface area (Å²) in [7, 11) is 3.90. The van der Waals surface area contributed by atoms with Crippen LogP contribution >= 0.6 is 0 Å². The average molecular weight is 506 g/mol. The van der Waals surface area contributed by atoms with Gasteiger partial charge in [-0.05, 0) is 72.0 Å². The van der Waals surface area contributed by atoms with Crippen LogP contribution in [-0.4, -0.2) is 62.4 Å². The molecule has 0 rings (SSSR count). The lowest BCUT2D eigenvalue weighted by Gasteiger charge is -2.15. The summed E-state index contributed by atoms with van der Waals surface area (Å²) >= 11 is 0. The van der Waals surface area contributed by atoms with Gasteiger partial charge in [-0.1, -0.05) is 68.4 Å². The molecule has 0 saturated heterocycles. The van der Waals surface area contributed by atoms with E-state index in [0.29, 0.717) is 12.8 Å². The van der Waals surface area contributed by atoms with Crippen molar-refractivity contribution in [2.45, 2.75) is 84.0 Å². The summed E-state index contributed by atoms with van der Waals surface area (Å²) in [5.74, 6) is -0.970. The smallest absolute Gasteiger partial charge is 0.305 e. The molecule has 36 heavy (non-hydrogen) atoms. The summed E-state index contributed by atoms with van der Waals surface area (Å²) in [6.45, 7) is 2.97. The Morgan fingerprint density at radius 2 is 1.19 bits per heavy atom. The van der Waals surface area contributed by atoms with Gasteiger partial charge in [0.25, 0.3) is 0 Å². The zero-order chi connectivity index (χ0) is 26.7. The van der Waals surface area contributed by atoms with Crippen LogP contribution in [0.5, 0.6) is 0 Å². The number of esters is 2. The van der Waals surface area contributed by atoms with Crippen LogP contribution in [0.3, 0.4) is 0 Å². The third-order valence-corrected chi connectivity index (χ3v) is 5.41. The van der Waals surface area contributed by atoms with E-state index in [1.807, 2.05) is 19.0 Å². The molecule has 0 amide bonds. The summed E-state index contributed by atoms with van der Waals surface area (Å²) in [4.78, 5) is 25.6. The lowest BCUT2D eigenvalue weighted by atomic mass is 10.2. The molecule has 0 aromatic carbocycles. The van der Waals surface area contributed by atoms with E-state index in [2.05, 4.69) is 55.5 Å². The maximum absolute atomic E-state index is 11.9. The predicted octanol–water partition coefficient (Wildman–Crippen LogP) is 6.17. The normalized spacial score (nSPS) is 13.0. The van der Waals surface area contributed by atoms with Crippen LogP contribution in [0.15, 0.2) is 48.6 Å². The van der Waals surface area contributed by atoms with Crippen LogP contribution in [0.1, 0.15) is 84.0 Å². The van der Waals surface area contributed by atoms with Gasteiger partial charge in [0.1, 0.15) is 0 Å². The Kier molecular flexibility index (Phi) is 24.3. The summed E-state index contributed by atoms with van der Waals surface area (Å²) < 4.78 is 10.4. The van der Waals surface area contributed by atoms with Gasteiger partial charge in [0.2, 0.25) is 0 Å². The van der Waals surface area contributed by atoms with E-state index in [-0.39, 0.29) is 37.7 Å². The molecule has 206 valence electrons. The Labute approximate surface area is 220 Å². The van der Waals surface area contributed by atoms with Crippen LogP contribution in [0, 0.1) is 5.92 Å². The largest absolute Gasteiger partial charge is 0.465 e. The van der Waals surface area contributed by atoms with E-state index >= 15 is 0 Å². The number of aliphatic hydroxyl groups excluding tert-OH is 1. The minimum atomic E-state index is -0.389. The molecule has 0 heterocycles. The minimum Gasteiger partial charge on any atom is -0.465 e. The summed E-state index contributed by atoms with van der Waals surface area (Å²) in [5.41, 5.74) is 0. The number of aliphatic hydroxyl groups is 1. The highest BCUT2D eigenvalue weighted by atomic mass is 16.5. The van der Waals surface area contributed by atoms with Crippen molar-refractivity contribution in [1.29, 1.82) is 0 Å². The standard InChI is InChI=1S/C30H51NO5/c1-4-5-6-7-8-9-10-11-12-13-14-15-16-17-18-19-20-22-29(33)35-26-28(25-32)27-36-30(34)23-21-24-31(2)3/h8-9,11-12,14-15,17-18,28,32H,4-7,10,13,16,19-27H2,1-3H3/b9-8-,12-11-,15-14-,18-17-. The van der Waals surface area contributed by atoms with Gasteiger partial charge in [-0.15, -0.1) is 0 Å². The molecule has 1 N–H and O–H groups in total. The van der Waals surface area contributed by atoms with Crippen molar-refractivity contribution in [2.24, 2.45) is 5.92 Å². The Morgan fingerprint density at radius 1 is 0.722 bits per heavy atom. The van der Waals surface area contributed by atoms with Crippen molar-refractivity contribution in [3.05, 3.63) is 48.6 Å². The predicted molar refractivity (Wildman–Crippen MR) is 149 cm³/mol. The maximum atomic E-state index is 11.9. The third-order valence-electron chi connectivity index (χ3n) is 5.41. The van der Waals surface area contributed by atoms with Crippen LogP contribution in [0.25, 0.3) is 0 Å². The molecule has 0 aliphatic heterocycles. The van der Waals surface area contributed by atoms with Crippen molar-refractivity contribution < 1.29 is 24.2 Å². The van der Waals surface area contributed by atoms with Crippen LogP contribution in [0.2, 0.25) is 0 Å². The fourth-order valence-corrected chi connectivity index (χ4v) is 3.18. The molecule has 1 atom stereocenters. The highest BCUT2D eigenvalue weighted by Crippen LogP contribution is 2.05. The summed E-state index contributed by atoms with van der Waals surface area (Å²) in [6, 6.07) is 0. The van der Waals surface area contributed by atoms with Gasteiger partial charge < -0.3 is 19.5 Å². The van der Waals surface area contributed by atoms with Gasteiger partial charge in [0.05, 0.1) is 25.7 Å². The SMILES string of the molecule is CCCCC/C=C\C/C=C\C/C=C\C/C=C\CCCC(=O)OCC(CO)COC(=O)CCCN(C)C. The van der Waals surface area contributed by atoms with Crippen LogP contribution in [-0.2, 0) is 19.1 Å². The number of nitrogens with zero attached hydrogens (tertiary/aromatic N) is 1. The lowest BCUT2D eigenvalue weighted by Crippen LogP contribution is -2.24. The Hall–Kier alpha value is -2.18. The first-order valence-electron chi connectivity index (χ1n) is 13.7. The maximum Gasteiger partial charge on any atom is 0.305 e. The molecule has 0 aliphatic carbocycles. The fourth-order valence-electron chi connectivity index (χ4n) is 3.18. The van der Waals surface area contributed by atoms with Crippen LogP contribution < -0.4 is 0 Å². The molecule has 6 heteroatoms. The molecular weight excluding hydrogens is 454 g/mol. The van der Waals surface area contributed by atoms with Crippen molar-refractivity contribution in [1.82, 2.24) is 4.90 Å². The van der Waals surface area contributed by atoms with Crippen molar-refractivity contribution in [3.8, 4) is 0 Å². The van der Waals surface area contributed by atoms with Gasteiger partial charge in [-0.3, -0.25) is 9.59 Å².